The van der Waals surface area contributed by atoms with Gasteiger partial charge in [0.15, 0.2) is 8.32 Å². The zero-order valence-corrected chi connectivity index (χ0v) is 23.3. The number of rotatable bonds is 3. The maximum Gasteiger partial charge on any atom is 0.259 e. The lowest BCUT2D eigenvalue weighted by Gasteiger charge is -2.38. The van der Waals surface area contributed by atoms with E-state index in [9.17, 15) is 9.59 Å². The number of carbonyl (C=O) groups is 2. The first-order chi connectivity index (χ1) is 18.1. The fourth-order valence-corrected chi connectivity index (χ4v) is 7.38. The molecule has 2 aliphatic rings. The number of nitrogens with zero attached hydrogens (tertiary/aromatic N) is 1. The average Bonchev–Trinajstić information content (AvgIpc) is 3.60. The number of benzene rings is 3. The Kier molecular flexibility index (Phi) is 4.74. The number of para-hydroxylation sites is 2. The molecule has 3 aromatic carbocycles. The fraction of sp³-hybridized carbons (Fsp3) is 0.290. The van der Waals surface area contributed by atoms with Crippen molar-refractivity contribution in [1.29, 1.82) is 0 Å². The molecule has 3 heterocycles. The van der Waals surface area contributed by atoms with Crippen LogP contribution < -0.4 is 5.32 Å². The van der Waals surface area contributed by atoms with Crippen LogP contribution in [-0.2, 0) is 4.43 Å². The number of aromatic amines is 1. The van der Waals surface area contributed by atoms with Crippen molar-refractivity contribution in [2.24, 2.45) is 0 Å². The van der Waals surface area contributed by atoms with Gasteiger partial charge in [-0.05, 0) is 30.3 Å². The first kappa shape index (κ1) is 23.4. The lowest BCUT2D eigenvalue weighted by atomic mass is 9.96. The van der Waals surface area contributed by atoms with Crippen LogP contribution in [0.5, 0.6) is 0 Å². The molecule has 0 radical (unpaired) electrons. The van der Waals surface area contributed by atoms with Crippen LogP contribution in [-0.4, -0.2) is 35.8 Å². The third-order valence-electron chi connectivity index (χ3n) is 8.89. The van der Waals surface area contributed by atoms with Gasteiger partial charge in [0.05, 0.1) is 34.3 Å². The quantitative estimate of drug-likeness (QED) is 0.150. The summed E-state index contributed by atoms with van der Waals surface area (Å²) in [4.78, 5) is 30.1. The molecule has 0 saturated carbocycles. The number of hydrogen-bond acceptors (Lipinski definition) is 3. The summed E-state index contributed by atoms with van der Waals surface area (Å²) in [6.45, 7) is 11.4. The van der Waals surface area contributed by atoms with Crippen molar-refractivity contribution >= 4 is 63.7 Å². The molecule has 192 valence electrons. The lowest BCUT2D eigenvalue weighted by Crippen LogP contribution is -2.43. The first-order valence-electron chi connectivity index (χ1n) is 13.3. The van der Waals surface area contributed by atoms with Crippen molar-refractivity contribution in [3.05, 3.63) is 71.8 Å². The topological polar surface area (TPSA) is 76.1 Å². The molecule has 2 aromatic heterocycles. The first-order valence-corrected chi connectivity index (χ1v) is 16.2. The van der Waals surface area contributed by atoms with Crippen LogP contribution >= 0.6 is 0 Å². The number of H-pyrrole nitrogens is 1. The van der Waals surface area contributed by atoms with Gasteiger partial charge in [-0.1, -0.05) is 69.3 Å². The van der Waals surface area contributed by atoms with Crippen LogP contribution in [0.3, 0.4) is 0 Å². The zero-order valence-electron chi connectivity index (χ0n) is 22.3. The van der Waals surface area contributed by atoms with Gasteiger partial charge in [0.1, 0.15) is 0 Å². The third kappa shape index (κ3) is 3.09. The SMILES string of the molecule is CC(C)(C)[Si](C)(C)O[C@H]1C=CC(n2c3ccccc3c3c4c(c5c6ccccc6[nH]c5c32)C(=O)NC4=O)C1. The van der Waals surface area contributed by atoms with E-state index in [4.69, 9.17) is 4.43 Å². The molecule has 7 heteroatoms. The van der Waals surface area contributed by atoms with Crippen molar-refractivity contribution in [2.45, 2.75) is 57.5 Å². The number of carbonyl (C=O) groups excluding carboxylic acids is 2. The second kappa shape index (κ2) is 7.68. The Morgan fingerprint density at radius 2 is 1.55 bits per heavy atom. The van der Waals surface area contributed by atoms with E-state index < -0.39 is 8.32 Å². The molecular formula is C31H31N3O3Si. The van der Waals surface area contributed by atoms with Gasteiger partial charge in [-0.3, -0.25) is 14.9 Å². The summed E-state index contributed by atoms with van der Waals surface area (Å²) < 4.78 is 9.13. The maximum atomic E-state index is 13.3. The van der Waals surface area contributed by atoms with Crippen molar-refractivity contribution in [2.75, 3.05) is 0 Å². The zero-order chi connectivity index (χ0) is 26.6. The molecule has 0 fully saturated rings. The smallest absolute Gasteiger partial charge is 0.259 e. The highest BCUT2D eigenvalue weighted by Gasteiger charge is 2.41. The van der Waals surface area contributed by atoms with Gasteiger partial charge in [-0.15, -0.1) is 0 Å². The van der Waals surface area contributed by atoms with Gasteiger partial charge in [-0.2, -0.15) is 0 Å². The molecule has 0 saturated heterocycles. The van der Waals surface area contributed by atoms with E-state index in [1.165, 1.54) is 0 Å². The highest BCUT2D eigenvalue weighted by atomic mass is 28.4. The Balaban J connectivity index is 1.52. The number of fused-ring (bicyclic) bond motifs is 10. The number of hydrogen-bond donors (Lipinski definition) is 2. The molecule has 1 unspecified atom stereocenters. The molecule has 0 bridgehead atoms. The lowest BCUT2D eigenvalue weighted by molar-refractivity contribution is 0.0880. The minimum atomic E-state index is -1.95. The summed E-state index contributed by atoms with van der Waals surface area (Å²) >= 11 is 0. The van der Waals surface area contributed by atoms with E-state index in [2.05, 4.69) is 73.0 Å². The summed E-state index contributed by atoms with van der Waals surface area (Å²) in [5.41, 5.74) is 4.80. The molecular weight excluding hydrogens is 490 g/mol. The Bertz CT molecular complexity index is 1870. The molecule has 7 rings (SSSR count). The van der Waals surface area contributed by atoms with E-state index in [0.29, 0.717) is 11.1 Å². The summed E-state index contributed by atoms with van der Waals surface area (Å²) in [6, 6.07) is 16.2. The van der Waals surface area contributed by atoms with Gasteiger partial charge in [0, 0.05) is 39.0 Å². The minimum absolute atomic E-state index is 0.0367. The van der Waals surface area contributed by atoms with Crippen LogP contribution in [0.2, 0.25) is 18.1 Å². The standard InChI is InChI=1S/C31H31N3O3Si/c1-31(2,3)38(4,5)37-18-15-14-17(16-18)34-22-13-9-7-11-20(22)24-26-25(29(35)33-30(26)36)23-19-10-6-8-12-21(19)32-27(23)28(24)34/h6-15,17-18,32H,16H2,1-5H3,(H,33,35,36)/t17?,18-/m0/s1. The summed E-state index contributed by atoms with van der Waals surface area (Å²) in [5, 5.41) is 6.28. The van der Waals surface area contributed by atoms with Gasteiger partial charge >= 0.3 is 0 Å². The van der Waals surface area contributed by atoms with Crippen LogP contribution in [0, 0.1) is 0 Å². The van der Waals surface area contributed by atoms with Crippen LogP contribution in [0.25, 0.3) is 43.6 Å². The van der Waals surface area contributed by atoms with Gasteiger partial charge in [0.2, 0.25) is 0 Å². The van der Waals surface area contributed by atoms with E-state index in [1.807, 2.05) is 36.4 Å². The molecule has 0 spiro atoms. The molecule has 6 nitrogen and oxygen atoms in total. The van der Waals surface area contributed by atoms with E-state index in [0.717, 1.165) is 50.0 Å². The predicted molar refractivity (Wildman–Crippen MR) is 155 cm³/mol. The van der Waals surface area contributed by atoms with Crippen molar-refractivity contribution in [3.63, 3.8) is 0 Å². The molecule has 1 aliphatic heterocycles. The Hall–Kier alpha value is -3.68. The third-order valence-corrected chi connectivity index (χ3v) is 13.4. The van der Waals surface area contributed by atoms with Crippen LogP contribution in [0.15, 0.2) is 60.7 Å². The van der Waals surface area contributed by atoms with Crippen LogP contribution in [0.4, 0.5) is 0 Å². The predicted octanol–water partition coefficient (Wildman–Crippen LogP) is 7.20. The molecule has 38 heavy (non-hydrogen) atoms. The highest BCUT2D eigenvalue weighted by molar-refractivity contribution is 6.74. The van der Waals surface area contributed by atoms with Crippen molar-refractivity contribution in [3.8, 4) is 0 Å². The van der Waals surface area contributed by atoms with Crippen molar-refractivity contribution in [1.82, 2.24) is 14.9 Å². The normalized spacial score (nSPS) is 19.9. The summed E-state index contributed by atoms with van der Waals surface area (Å²) in [6.07, 6.45) is 5.31. The largest absolute Gasteiger partial charge is 0.410 e. The summed E-state index contributed by atoms with van der Waals surface area (Å²) in [7, 11) is -1.95. The monoisotopic (exact) mass is 521 g/mol. The fourth-order valence-electron chi connectivity index (χ4n) is 6.10. The maximum absolute atomic E-state index is 13.3. The highest BCUT2D eigenvalue weighted by Crippen LogP contribution is 2.46. The van der Waals surface area contributed by atoms with Gasteiger partial charge in [-0.25, -0.2) is 0 Å². The summed E-state index contributed by atoms with van der Waals surface area (Å²) in [5.74, 6) is -0.659. The van der Waals surface area contributed by atoms with Crippen molar-refractivity contribution < 1.29 is 14.0 Å². The van der Waals surface area contributed by atoms with Gasteiger partial charge < -0.3 is 14.0 Å². The second-order valence-electron chi connectivity index (χ2n) is 12.2. The average molecular weight is 522 g/mol. The van der Waals surface area contributed by atoms with Gasteiger partial charge in [0.25, 0.3) is 11.8 Å². The van der Waals surface area contributed by atoms with E-state index in [1.54, 1.807) is 0 Å². The second-order valence-corrected chi connectivity index (χ2v) is 16.9. The Morgan fingerprint density at radius 1 is 0.895 bits per heavy atom. The number of allylic oxidation sites excluding steroid dienone is 1. The number of nitrogens with one attached hydrogen (secondary N) is 2. The number of amides is 2. The molecule has 1 aliphatic carbocycles. The molecule has 2 N–H and O–H groups in total. The Morgan fingerprint density at radius 3 is 2.29 bits per heavy atom. The van der Waals surface area contributed by atoms with E-state index >= 15 is 0 Å². The molecule has 2 amide bonds. The molecule has 2 atom stereocenters. The minimum Gasteiger partial charge on any atom is -0.410 e. The van der Waals surface area contributed by atoms with Crippen LogP contribution in [0.1, 0.15) is 53.9 Å². The number of imide groups is 1. The molecule has 5 aromatic rings. The number of aromatic nitrogens is 2. The Labute approximate surface area is 221 Å². The van der Waals surface area contributed by atoms with E-state index in [-0.39, 0.29) is 29.0 Å².